The van der Waals surface area contributed by atoms with Gasteiger partial charge < -0.3 is 14.4 Å². The van der Waals surface area contributed by atoms with Gasteiger partial charge in [0, 0.05) is 37.6 Å². The third-order valence-corrected chi connectivity index (χ3v) is 9.10. The van der Waals surface area contributed by atoms with Gasteiger partial charge in [-0.05, 0) is 86.2 Å². The van der Waals surface area contributed by atoms with E-state index < -0.39 is 11.7 Å². The Morgan fingerprint density at radius 3 is 2.47 bits per heavy atom. The second kappa shape index (κ2) is 13.3. The van der Waals surface area contributed by atoms with Crippen molar-refractivity contribution in [3.05, 3.63) is 89.7 Å². The molecule has 3 aliphatic heterocycles. The summed E-state index contributed by atoms with van der Waals surface area (Å²) in [5.74, 6) is 2.68. The van der Waals surface area contributed by atoms with Gasteiger partial charge in [-0.1, -0.05) is 44.9 Å². The summed E-state index contributed by atoms with van der Waals surface area (Å²) in [6.45, 7) is 8.82. The van der Waals surface area contributed by atoms with Crippen molar-refractivity contribution in [2.24, 2.45) is 18.9 Å². The lowest BCUT2D eigenvalue weighted by Crippen LogP contribution is -2.33. The number of aromatic nitrogens is 3. The molecule has 2 aromatic rings. The number of allylic oxidation sites excluding steroid dienone is 1. The molecular formula is C33H43F3N6S. The molecule has 1 atom stereocenters. The number of piperidine rings is 1. The molecule has 0 bridgehead atoms. The average molecular weight is 613 g/mol. The summed E-state index contributed by atoms with van der Waals surface area (Å²) >= 11 is 3.53. The Bertz CT molecular complexity index is 1380. The third kappa shape index (κ3) is 6.60. The van der Waals surface area contributed by atoms with E-state index in [1.807, 2.05) is 29.9 Å². The van der Waals surface area contributed by atoms with Crippen LogP contribution in [-0.4, -0.2) is 56.6 Å². The van der Waals surface area contributed by atoms with E-state index >= 15 is 0 Å². The summed E-state index contributed by atoms with van der Waals surface area (Å²) in [5.41, 5.74) is 2.03. The fourth-order valence-electron chi connectivity index (χ4n) is 7.01. The molecule has 43 heavy (non-hydrogen) atoms. The number of aryl methyl sites for hydroxylation is 1. The second-order valence-corrected chi connectivity index (χ2v) is 12.0. The number of nitrogens with zero attached hydrogens (tertiary/aromatic N) is 6. The Hall–Kier alpha value is -2.98. The summed E-state index contributed by atoms with van der Waals surface area (Å²) in [6, 6.07) is 8.11. The number of halogens is 3. The molecule has 4 heterocycles. The lowest BCUT2D eigenvalue weighted by atomic mass is 9.65. The number of rotatable bonds is 8. The van der Waals surface area contributed by atoms with Crippen molar-refractivity contribution in [1.29, 1.82) is 0 Å². The average Bonchev–Trinajstić information content (AvgIpc) is 3.55. The second-order valence-electron chi connectivity index (χ2n) is 12.0. The van der Waals surface area contributed by atoms with Crippen molar-refractivity contribution in [1.82, 2.24) is 24.6 Å². The first-order valence-electron chi connectivity index (χ1n) is 15.3. The molecule has 0 N–H and O–H groups in total. The van der Waals surface area contributed by atoms with Crippen LogP contribution in [-0.2, 0) is 7.05 Å². The maximum atomic E-state index is 14.3. The zero-order chi connectivity index (χ0) is 30.7. The number of alkyl halides is 3. The van der Waals surface area contributed by atoms with Gasteiger partial charge in [0.1, 0.15) is 18.0 Å². The quantitative estimate of drug-likeness (QED) is 0.311. The first kappa shape index (κ1) is 31.4. The predicted octanol–water partition coefficient (Wildman–Crippen LogP) is 7.63. The summed E-state index contributed by atoms with van der Waals surface area (Å²) in [5, 5.41) is 8.63. The van der Waals surface area contributed by atoms with E-state index in [1.165, 1.54) is 25.3 Å². The fourth-order valence-corrected chi connectivity index (χ4v) is 7.01. The summed E-state index contributed by atoms with van der Waals surface area (Å²) < 4.78 is 45.0. The molecule has 1 aliphatic carbocycles. The minimum atomic E-state index is -4.47. The molecule has 10 heteroatoms. The van der Waals surface area contributed by atoms with E-state index in [4.69, 9.17) is 0 Å². The molecule has 232 valence electrons. The van der Waals surface area contributed by atoms with Gasteiger partial charge in [0.15, 0.2) is 0 Å². The van der Waals surface area contributed by atoms with E-state index in [0.29, 0.717) is 23.9 Å². The van der Waals surface area contributed by atoms with Gasteiger partial charge in [-0.3, -0.25) is 4.90 Å². The summed E-state index contributed by atoms with van der Waals surface area (Å²) in [4.78, 5) is 5.64. The fraction of sp³-hybridized carbons (Fsp3) is 0.515. The van der Waals surface area contributed by atoms with Gasteiger partial charge >= 0.3 is 6.18 Å². The van der Waals surface area contributed by atoms with Crippen LogP contribution in [0, 0.1) is 11.8 Å². The van der Waals surface area contributed by atoms with Crippen LogP contribution in [0.15, 0.2) is 78.3 Å². The van der Waals surface area contributed by atoms with Crippen LogP contribution in [0.2, 0.25) is 0 Å². The molecule has 4 aliphatic rings. The third-order valence-electron chi connectivity index (χ3n) is 9.10. The van der Waals surface area contributed by atoms with Crippen LogP contribution in [0.5, 0.6) is 0 Å². The lowest BCUT2D eigenvalue weighted by molar-refractivity contribution is -0.0909. The van der Waals surface area contributed by atoms with E-state index in [0.717, 1.165) is 61.8 Å². The van der Waals surface area contributed by atoms with Crippen LogP contribution in [0.4, 0.5) is 18.9 Å². The Morgan fingerprint density at radius 2 is 1.81 bits per heavy atom. The molecule has 1 saturated heterocycles. The molecule has 6 rings (SSSR count). The van der Waals surface area contributed by atoms with Gasteiger partial charge in [-0.15, -0.1) is 10.2 Å². The number of likely N-dealkylation sites (tertiary alicyclic amines) is 1. The molecule has 1 aromatic heterocycles. The Labute approximate surface area is 259 Å². The summed E-state index contributed by atoms with van der Waals surface area (Å²) in [6.07, 6.45) is 11.7. The molecule has 0 amide bonds. The lowest BCUT2D eigenvalue weighted by Gasteiger charge is -2.40. The van der Waals surface area contributed by atoms with Crippen molar-refractivity contribution in [3.63, 3.8) is 0 Å². The zero-order valence-corrected chi connectivity index (χ0v) is 26.3. The van der Waals surface area contributed by atoms with E-state index in [9.17, 15) is 13.2 Å². The Balaban J connectivity index is 0.00000180. The monoisotopic (exact) mass is 612 g/mol. The van der Waals surface area contributed by atoms with Crippen LogP contribution in [0.3, 0.4) is 0 Å². The number of hydrogen-bond donors (Lipinski definition) is 1. The van der Waals surface area contributed by atoms with Gasteiger partial charge in [0.2, 0.25) is 0 Å². The minimum absolute atomic E-state index is 0.0725. The number of fused-ring (bicyclic) bond motifs is 1. The van der Waals surface area contributed by atoms with Crippen LogP contribution < -0.4 is 4.90 Å². The number of thiol groups is 1. The van der Waals surface area contributed by atoms with Crippen molar-refractivity contribution in [2.75, 3.05) is 30.8 Å². The molecular weight excluding hydrogens is 569 g/mol. The summed E-state index contributed by atoms with van der Waals surface area (Å²) in [7, 11) is 1.97. The van der Waals surface area contributed by atoms with Crippen molar-refractivity contribution >= 4 is 18.3 Å². The SMILES string of the molecule is C=C1N2C=C(CN3CCCCC3)C=C(C(F)(F)F)C2=CN1c1cccc(C(c2nncn2C)C2CC(CCC)C2)c1.CS. The number of anilines is 1. The highest BCUT2D eigenvalue weighted by atomic mass is 32.1. The molecule has 2 fully saturated rings. The van der Waals surface area contributed by atoms with Gasteiger partial charge in [-0.25, -0.2) is 0 Å². The Kier molecular flexibility index (Phi) is 9.76. The number of hydrogen-bond acceptors (Lipinski definition) is 6. The van der Waals surface area contributed by atoms with Gasteiger partial charge in [-0.2, -0.15) is 25.8 Å². The normalized spacial score (nSPS) is 23.0. The number of benzene rings is 1. The van der Waals surface area contributed by atoms with E-state index in [2.05, 4.69) is 53.4 Å². The van der Waals surface area contributed by atoms with E-state index in [1.54, 1.807) is 28.6 Å². The zero-order valence-electron chi connectivity index (χ0n) is 25.4. The first-order chi connectivity index (χ1) is 20.7. The molecule has 6 nitrogen and oxygen atoms in total. The van der Waals surface area contributed by atoms with Gasteiger partial charge in [0.25, 0.3) is 0 Å². The predicted molar refractivity (Wildman–Crippen MR) is 169 cm³/mol. The maximum absolute atomic E-state index is 14.3. The van der Waals surface area contributed by atoms with Crippen LogP contribution in [0.25, 0.3) is 0 Å². The van der Waals surface area contributed by atoms with Gasteiger partial charge in [0.05, 0.1) is 11.3 Å². The van der Waals surface area contributed by atoms with Crippen molar-refractivity contribution < 1.29 is 13.2 Å². The standard InChI is InChI=1S/C32H39F3N6.CH4S/c1-4-9-23-14-26(15-23)30(31-37-36-21-38(31)3)25-10-8-11-27(17-25)40-20-29-28(32(33,34)35)16-24(19-41(29)22(40)2)18-39-12-6-5-7-13-39;1-2/h8,10-11,16-17,19-21,23,26,30H,2,4-7,9,12-15,18H2,1,3H3;2H,1H3. The maximum Gasteiger partial charge on any atom is 0.418 e. The van der Waals surface area contributed by atoms with E-state index in [-0.39, 0.29) is 11.6 Å². The highest BCUT2D eigenvalue weighted by molar-refractivity contribution is 7.79. The topological polar surface area (TPSA) is 40.4 Å². The van der Waals surface area contributed by atoms with Crippen molar-refractivity contribution in [2.45, 2.75) is 64.0 Å². The molecule has 1 saturated carbocycles. The molecule has 0 spiro atoms. The van der Waals surface area contributed by atoms with Crippen LogP contribution in [0.1, 0.15) is 69.2 Å². The minimum Gasteiger partial charge on any atom is -0.320 e. The largest absolute Gasteiger partial charge is 0.418 e. The Morgan fingerprint density at radius 1 is 1.07 bits per heavy atom. The highest BCUT2D eigenvalue weighted by Crippen LogP contribution is 2.49. The highest BCUT2D eigenvalue weighted by Gasteiger charge is 2.43. The van der Waals surface area contributed by atoms with Crippen LogP contribution >= 0.6 is 12.6 Å². The first-order valence-corrected chi connectivity index (χ1v) is 16.2. The molecule has 1 unspecified atom stereocenters. The molecule has 0 radical (unpaired) electrons. The smallest absolute Gasteiger partial charge is 0.320 e. The van der Waals surface area contributed by atoms with Crippen molar-refractivity contribution in [3.8, 4) is 0 Å². The molecule has 1 aromatic carbocycles.